The van der Waals surface area contributed by atoms with E-state index in [2.05, 4.69) is 15.3 Å². The number of hydrogen-bond acceptors (Lipinski definition) is 22. The zero-order valence-electron chi connectivity index (χ0n) is 42.8. The van der Waals surface area contributed by atoms with E-state index in [1.165, 1.54) is 68.5 Å². The average Bonchev–Trinajstić information content (AvgIpc) is 3.45. The number of fused-ring (bicyclic) bond motifs is 4. The first kappa shape index (κ1) is 66.2. The minimum absolute atomic E-state index is 0. The van der Waals surface area contributed by atoms with Crippen LogP contribution in [0, 0.1) is 9.81 Å². The van der Waals surface area contributed by atoms with E-state index in [0.29, 0.717) is 79.8 Å². The molecule has 10 rings (SSSR count). The number of phenolic OH excluding ortho intramolecular Hbond substituents is 3. The molecule has 0 atom stereocenters. The van der Waals surface area contributed by atoms with Gasteiger partial charge in [0.25, 0.3) is 0 Å². The second-order valence-electron chi connectivity index (χ2n) is 15.6. The number of nitrogens with zero attached hydrogens (tertiary/aromatic N) is 4. The molecule has 2 heterocycles. The van der Waals surface area contributed by atoms with E-state index in [1.807, 2.05) is 36.4 Å². The Bertz CT molecular complexity index is 3390. The molecule has 0 spiro atoms. The quantitative estimate of drug-likeness (QED) is 0.0224. The van der Waals surface area contributed by atoms with Crippen LogP contribution < -0.4 is 45.5 Å². The fraction of sp³-hybridized carbons (Fsp3) is 0.0926. The van der Waals surface area contributed by atoms with Crippen molar-refractivity contribution in [3.05, 3.63) is 166 Å². The van der Waals surface area contributed by atoms with Crippen LogP contribution in [0.25, 0.3) is 44.8 Å². The SMILES string of the molecule is CC(=O)N1c2ccc(O)cc2Oc2cc(O)ccc21.COc1cc(-c2ccc(N)c(OC)c2)ccc1N.COc1cc(-c2ccc(N=O)c(OC)c2)ccc1N=O.O.O.O=c1ccc2nc3ccc(O)cc3oc-2c1.OO.OO.[Co+2]. The molecule has 0 unspecified atom stereocenters. The number of carbonyl (C=O) groups excluding carboxylic acids is 1. The molecule has 0 saturated carbocycles. The van der Waals surface area contributed by atoms with Gasteiger partial charge in [-0.15, -0.1) is 9.81 Å². The third-order valence-electron chi connectivity index (χ3n) is 10.9. The number of anilines is 4. The third kappa shape index (κ3) is 16.1. The minimum atomic E-state index is -0.179. The predicted molar refractivity (Wildman–Crippen MR) is 295 cm³/mol. The molecule has 1 amide bonds. The van der Waals surface area contributed by atoms with Crippen molar-refractivity contribution in [1.29, 1.82) is 0 Å². The van der Waals surface area contributed by atoms with Crippen LogP contribution in [0.1, 0.15) is 6.92 Å². The average molecular weight is 1150 g/mol. The van der Waals surface area contributed by atoms with Crippen molar-refractivity contribution >= 4 is 51.1 Å². The molecule has 0 fully saturated rings. The molecule has 7 aromatic carbocycles. The molecule has 1 aliphatic carbocycles. The summed E-state index contributed by atoms with van der Waals surface area (Å²) in [6.45, 7) is 1.44. The van der Waals surface area contributed by atoms with E-state index < -0.39 is 0 Å². The van der Waals surface area contributed by atoms with Crippen LogP contribution in [0.15, 0.2) is 165 Å². The summed E-state index contributed by atoms with van der Waals surface area (Å²) < 4.78 is 31.7. The molecule has 0 saturated heterocycles. The number of phenols is 3. The van der Waals surface area contributed by atoms with Crippen molar-refractivity contribution in [3.63, 3.8) is 0 Å². The molecule has 15 N–H and O–H groups in total. The van der Waals surface area contributed by atoms with Crippen LogP contribution in [-0.4, -0.2) is 86.6 Å². The predicted octanol–water partition coefficient (Wildman–Crippen LogP) is 9.97. The third-order valence-corrected chi connectivity index (χ3v) is 10.9. The second-order valence-corrected chi connectivity index (χ2v) is 15.6. The van der Waals surface area contributed by atoms with E-state index in [4.69, 9.17) is 60.6 Å². The van der Waals surface area contributed by atoms with Gasteiger partial charge in [-0.2, -0.15) is 0 Å². The van der Waals surface area contributed by atoms with Gasteiger partial charge in [0.2, 0.25) is 5.91 Å². The molecular weight excluding hydrogens is 1100 g/mol. The fourth-order valence-corrected chi connectivity index (χ4v) is 7.37. The summed E-state index contributed by atoms with van der Waals surface area (Å²) in [6.07, 6.45) is 0. The Balaban J connectivity index is 0.000000353. The molecule has 7 aromatic rings. The van der Waals surface area contributed by atoms with E-state index in [1.54, 1.807) is 80.9 Å². The maximum atomic E-state index is 11.8. The molecule has 421 valence electrons. The van der Waals surface area contributed by atoms with Crippen LogP contribution in [0.4, 0.5) is 34.1 Å². The van der Waals surface area contributed by atoms with E-state index in [9.17, 15) is 34.7 Å². The number of amides is 1. The smallest absolute Gasteiger partial charge is 0.508 e. The molecule has 1 radical (unpaired) electrons. The first-order valence-corrected chi connectivity index (χ1v) is 22.2. The van der Waals surface area contributed by atoms with Crippen molar-refractivity contribution in [3.8, 4) is 85.5 Å². The van der Waals surface area contributed by atoms with Gasteiger partial charge >= 0.3 is 16.8 Å². The van der Waals surface area contributed by atoms with Crippen LogP contribution in [-0.2, 0) is 21.6 Å². The fourth-order valence-electron chi connectivity index (χ4n) is 7.37. The Morgan fingerprint density at radius 2 is 0.938 bits per heavy atom. The zero-order valence-corrected chi connectivity index (χ0v) is 43.9. The van der Waals surface area contributed by atoms with Gasteiger partial charge in [-0.3, -0.25) is 35.5 Å². The maximum Gasteiger partial charge on any atom is 2.00 e. The Hall–Kier alpha value is -9.90. The monoisotopic (exact) mass is 1150 g/mol. The molecule has 80 heavy (non-hydrogen) atoms. The number of aromatic hydroxyl groups is 3. The summed E-state index contributed by atoms with van der Waals surface area (Å²) in [5.74, 6) is 3.26. The van der Waals surface area contributed by atoms with Gasteiger partial charge in [0.15, 0.2) is 28.3 Å². The van der Waals surface area contributed by atoms with Crippen molar-refractivity contribution in [2.24, 2.45) is 10.4 Å². The molecule has 3 aliphatic rings. The number of nitroso groups, excluding NO2 is 2. The van der Waals surface area contributed by atoms with Crippen LogP contribution in [0.3, 0.4) is 0 Å². The van der Waals surface area contributed by atoms with Gasteiger partial charge in [-0.1, -0.05) is 24.3 Å². The normalized spacial score (nSPS) is 10.0. The summed E-state index contributed by atoms with van der Waals surface area (Å²) in [7, 11) is 6.12. The zero-order chi connectivity index (χ0) is 56.3. The maximum absolute atomic E-state index is 11.8. The molecular formula is C54H54CoN6O19+2. The number of hydrogen-bond donors (Lipinski definition) is 9. The van der Waals surface area contributed by atoms with E-state index in [0.717, 1.165) is 22.3 Å². The molecule has 2 aliphatic heterocycles. The first-order valence-electron chi connectivity index (χ1n) is 22.2. The largest absolute Gasteiger partial charge is 2.00 e. The standard InChI is InChI=1S/C14H12N2O4.C14H16N2O2.C14H11NO4.C12H7NO3.Co.2H2O2.2H2O/c1-19-13-7-9(3-5-11(13)15-17)10-4-6-12(16-18)14(8-10)20-2;1-17-13-7-9(3-5-11(13)15)10-4-6-12(16)14(8-10)18-2;1-8(16)15-11-4-2-9(17)6-13(11)19-14-7-10(18)3-5-12(14)15;14-7-1-3-9-11(5-7)16-12-6-8(15)2-4-10(12)13-9;;2*1-2;;/h3-8H,1-2H3;3-8H,15-16H2,1-2H3;2-7,17-18H,1H3;1-6,14H;;2*1-2H;2*1H2/q;;;;+2;;;;. The summed E-state index contributed by atoms with van der Waals surface area (Å²) in [5.41, 5.74) is 19.6. The molecule has 25 nitrogen and oxygen atoms in total. The van der Waals surface area contributed by atoms with Gasteiger partial charge < -0.3 is 65.8 Å². The number of aromatic nitrogens is 1. The molecule has 0 aromatic heterocycles. The Kier molecular flexibility index (Phi) is 25.9. The van der Waals surface area contributed by atoms with Gasteiger partial charge in [-0.25, -0.2) is 4.98 Å². The number of rotatable bonds is 8. The van der Waals surface area contributed by atoms with Crippen molar-refractivity contribution < 1.29 is 97.0 Å². The second kappa shape index (κ2) is 31.3. The van der Waals surface area contributed by atoms with Gasteiger partial charge in [0, 0.05) is 31.2 Å². The number of nitrogen functional groups attached to an aromatic ring is 2. The summed E-state index contributed by atoms with van der Waals surface area (Å²) in [6, 6.07) is 39.5. The van der Waals surface area contributed by atoms with Crippen LogP contribution in [0.2, 0.25) is 0 Å². The van der Waals surface area contributed by atoms with Crippen molar-refractivity contribution in [2.75, 3.05) is 44.8 Å². The summed E-state index contributed by atoms with van der Waals surface area (Å²) >= 11 is 0. The number of benzene rings is 8. The summed E-state index contributed by atoms with van der Waals surface area (Å²) in [5, 5.41) is 58.0. The van der Waals surface area contributed by atoms with Crippen molar-refractivity contribution in [1.82, 2.24) is 4.98 Å². The van der Waals surface area contributed by atoms with Crippen molar-refractivity contribution in [2.45, 2.75) is 6.92 Å². The number of nitrogens with two attached hydrogens (primary N) is 2. The van der Waals surface area contributed by atoms with Gasteiger partial charge in [-0.05, 0) is 130 Å². The first-order chi connectivity index (χ1) is 37.2. The minimum Gasteiger partial charge on any atom is -0.508 e. The van der Waals surface area contributed by atoms with Gasteiger partial charge in [0.1, 0.15) is 62.8 Å². The Morgan fingerprint density at radius 3 is 1.35 bits per heavy atom. The Morgan fingerprint density at radius 1 is 0.537 bits per heavy atom. The van der Waals surface area contributed by atoms with Crippen LogP contribution in [0.5, 0.6) is 51.7 Å². The van der Waals surface area contributed by atoms with Crippen LogP contribution >= 0.6 is 0 Å². The van der Waals surface area contributed by atoms with E-state index >= 15 is 0 Å². The Labute approximate surface area is 464 Å². The number of carbonyl (C=O) groups is 1. The van der Waals surface area contributed by atoms with E-state index in [-0.39, 0.29) is 67.7 Å². The number of ether oxygens (including phenoxy) is 5. The number of methoxy groups -OCH3 is 4. The molecule has 26 heteroatoms. The molecule has 0 bridgehead atoms. The van der Waals surface area contributed by atoms with Gasteiger partial charge in [0.05, 0.1) is 51.2 Å². The summed E-state index contributed by atoms with van der Waals surface area (Å²) in [4.78, 5) is 50.0. The topological polar surface area (TPSA) is 425 Å².